The third kappa shape index (κ3) is 17.1. The normalized spacial score (nSPS) is 14.8. The molecule has 0 N–H and O–H groups in total. The van der Waals surface area contributed by atoms with Gasteiger partial charge in [-0.3, -0.25) is 0 Å². The number of likely N-dealkylation sites (tertiary alicyclic amines) is 1. The van der Waals surface area contributed by atoms with Crippen LogP contribution in [0.5, 0.6) is 0 Å². The third-order valence-electron chi connectivity index (χ3n) is 3.54. The Morgan fingerprint density at radius 2 is 1.27 bits per heavy atom. The Bertz CT molecular complexity index is 551. The van der Waals surface area contributed by atoms with Crippen molar-refractivity contribution in [3.05, 3.63) is 49.3 Å². The van der Waals surface area contributed by atoms with Crippen molar-refractivity contribution in [2.24, 2.45) is 21.1 Å². The van der Waals surface area contributed by atoms with Gasteiger partial charge in [-0.2, -0.15) is 0 Å². The number of quaternary nitrogens is 2. The predicted octanol–water partition coefficient (Wildman–Crippen LogP) is 1.54. The van der Waals surface area contributed by atoms with E-state index in [4.69, 9.17) is 0 Å². The van der Waals surface area contributed by atoms with Gasteiger partial charge in [-0.25, -0.2) is 13.7 Å². The van der Waals surface area contributed by atoms with Crippen LogP contribution in [0.2, 0.25) is 0 Å². The smallest absolute Gasteiger partial charge is 0.243 e. The van der Waals surface area contributed by atoms with Crippen LogP contribution in [0, 0.1) is 0 Å². The predicted molar refractivity (Wildman–Crippen MR) is 109 cm³/mol. The van der Waals surface area contributed by atoms with Crippen molar-refractivity contribution in [3.63, 3.8) is 0 Å². The van der Waals surface area contributed by atoms with E-state index in [2.05, 4.69) is 42.3 Å². The van der Waals surface area contributed by atoms with Crippen LogP contribution in [-0.2, 0) is 21.1 Å². The van der Waals surface area contributed by atoms with Gasteiger partial charge in [-0.05, 0) is 0 Å². The molecule has 3 heterocycles. The van der Waals surface area contributed by atoms with Crippen molar-refractivity contribution < 1.29 is 18.1 Å². The summed E-state index contributed by atoms with van der Waals surface area (Å²) in [5, 5.41) is 0. The molecule has 0 amide bonds. The monoisotopic (exact) mass is 365 g/mol. The Hall–Kier alpha value is -1.72. The summed E-state index contributed by atoms with van der Waals surface area (Å²) in [6.07, 6.45) is 12.9. The van der Waals surface area contributed by atoms with E-state index in [9.17, 15) is 0 Å². The van der Waals surface area contributed by atoms with E-state index < -0.39 is 0 Å². The summed E-state index contributed by atoms with van der Waals surface area (Å²) in [6, 6.07) is 6.00. The molecule has 0 aromatic carbocycles. The first-order chi connectivity index (χ1) is 11.9. The molecule has 3 rings (SSSR count). The van der Waals surface area contributed by atoms with Crippen LogP contribution in [0.3, 0.4) is 0 Å². The van der Waals surface area contributed by atoms with Crippen LogP contribution >= 0.6 is 0 Å². The number of hydrogen-bond acceptors (Lipinski definition) is 0. The summed E-state index contributed by atoms with van der Waals surface area (Å²) in [6.45, 7) is 2.78. The molecule has 2 aromatic rings. The first kappa shape index (κ1) is 24.3. The Morgan fingerprint density at radius 1 is 0.808 bits per heavy atom. The van der Waals surface area contributed by atoms with E-state index in [1.54, 1.807) is 0 Å². The molecule has 1 aliphatic heterocycles. The highest BCUT2D eigenvalue weighted by Crippen LogP contribution is 2.11. The van der Waals surface area contributed by atoms with Crippen molar-refractivity contribution in [2.75, 3.05) is 55.4 Å². The fourth-order valence-corrected chi connectivity index (χ4v) is 2.25. The zero-order chi connectivity index (χ0) is 20.2. The number of imidazole rings is 1. The molecule has 0 saturated carbocycles. The average molecular weight is 366 g/mol. The topological polar surface area (TPSA) is 12.7 Å². The van der Waals surface area contributed by atoms with Gasteiger partial charge >= 0.3 is 0 Å². The Labute approximate surface area is 161 Å². The van der Waals surface area contributed by atoms with Crippen molar-refractivity contribution in [1.29, 1.82) is 0 Å². The molecule has 148 valence electrons. The SMILES string of the molecule is C[N+](C)(C)C.C[N+]1(C)CCCC1.C[n+]1ccccc1.Cn1cc[n+](C)c1. The second-order valence-corrected chi connectivity index (χ2v) is 9.06. The average Bonchev–Trinajstić information content (AvgIpc) is 3.07. The fraction of sp³-hybridized carbons (Fsp3) is 0.619. The molecule has 0 bridgehead atoms. The minimum atomic E-state index is 1.00. The minimum absolute atomic E-state index is 1.00. The highest BCUT2D eigenvalue weighted by Gasteiger charge is 2.19. The molecule has 0 spiro atoms. The molecule has 0 unspecified atom stereocenters. The van der Waals surface area contributed by atoms with Crippen molar-refractivity contribution >= 4 is 0 Å². The molecule has 5 heteroatoms. The maximum atomic E-state index is 2.30. The standard InChI is InChI=1S/C6H14N.C6H8N.C5H9N2.C4H12N/c1-7(2)5-3-4-6-7;1-7-5-3-2-4-6-7;1-6-3-4-7(2)5-6;1-5(2,3)4/h3-6H2,1-2H3;2-6H,1H3;3-5H,1-2H3;1-4H3/q4*+1. The first-order valence-corrected chi connectivity index (χ1v) is 9.37. The van der Waals surface area contributed by atoms with Gasteiger partial charge in [0.1, 0.15) is 19.4 Å². The maximum Gasteiger partial charge on any atom is 0.243 e. The molecule has 2 aromatic heterocycles. The number of hydrogen-bond donors (Lipinski definition) is 0. The van der Waals surface area contributed by atoms with Gasteiger partial charge in [0, 0.05) is 25.0 Å². The second kappa shape index (κ2) is 11.8. The summed E-state index contributed by atoms with van der Waals surface area (Å²) < 4.78 is 8.25. The van der Waals surface area contributed by atoms with Crippen molar-refractivity contribution in [2.45, 2.75) is 12.8 Å². The molecular weight excluding hydrogens is 322 g/mol. The zero-order valence-corrected chi connectivity index (χ0v) is 18.7. The summed E-state index contributed by atoms with van der Waals surface area (Å²) in [7, 11) is 19.1. The molecule has 0 atom stereocenters. The van der Waals surface area contributed by atoms with Crippen LogP contribution in [0.1, 0.15) is 12.8 Å². The highest BCUT2D eigenvalue weighted by molar-refractivity contribution is 4.83. The van der Waals surface area contributed by atoms with Crippen LogP contribution < -0.4 is 9.13 Å². The lowest BCUT2D eigenvalue weighted by atomic mass is 10.4. The third-order valence-corrected chi connectivity index (χ3v) is 3.54. The largest absolute Gasteiger partial charge is 0.333 e. The lowest BCUT2D eigenvalue weighted by molar-refractivity contribution is -0.877. The Morgan fingerprint density at radius 3 is 1.42 bits per heavy atom. The lowest BCUT2D eigenvalue weighted by Crippen LogP contribution is -2.35. The van der Waals surface area contributed by atoms with Gasteiger partial charge < -0.3 is 8.97 Å². The quantitative estimate of drug-likeness (QED) is 0.496. The summed E-state index contributed by atoms with van der Waals surface area (Å²) in [5.74, 6) is 0. The highest BCUT2D eigenvalue weighted by atomic mass is 15.3. The zero-order valence-electron chi connectivity index (χ0n) is 18.7. The summed E-state index contributed by atoms with van der Waals surface area (Å²) in [4.78, 5) is 0. The van der Waals surface area contributed by atoms with Crippen LogP contribution in [0.15, 0.2) is 49.3 Å². The molecule has 1 fully saturated rings. The number of rotatable bonds is 0. The summed E-state index contributed by atoms with van der Waals surface area (Å²) >= 11 is 0. The molecular formula is C21H43N5+4. The number of aryl methyl sites for hydroxylation is 3. The van der Waals surface area contributed by atoms with E-state index in [0.717, 1.165) is 4.48 Å². The van der Waals surface area contributed by atoms with Gasteiger partial charge in [0.25, 0.3) is 0 Å². The van der Waals surface area contributed by atoms with Gasteiger partial charge in [-0.15, -0.1) is 0 Å². The molecule has 26 heavy (non-hydrogen) atoms. The van der Waals surface area contributed by atoms with Crippen molar-refractivity contribution in [1.82, 2.24) is 4.57 Å². The van der Waals surface area contributed by atoms with E-state index in [-0.39, 0.29) is 0 Å². The van der Waals surface area contributed by atoms with Gasteiger partial charge in [0.2, 0.25) is 6.33 Å². The Kier molecular flexibility index (Phi) is 11.0. The number of aromatic nitrogens is 3. The lowest BCUT2D eigenvalue weighted by Gasteiger charge is -2.21. The van der Waals surface area contributed by atoms with Crippen LogP contribution in [0.25, 0.3) is 0 Å². The van der Waals surface area contributed by atoms with Crippen LogP contribution in [-0.4, -0.2) is 68.9 Å². The molecule has 1 saturated heterocycles. The molecule has 0 radical (unpaired) electrons. The summed E-state index contributed by atoms with van der Waals surface area (Å²) in [5.41, 5.74) is 0. The van der Waals surface area contributed by atoms with Crippen molar-refractivity contribution in [3.8, 4) is 0 Å². The molecule has 1 aliphatic rings. The first-order valence-electron chi connectivity index (χ1n) is 9.37. The second-order valence-electron chi connectivity index (χ2n) is 9.06. The molecule has 5 nitrogen and oxygen atoms in total. The van der Waals surface area contributed by atoms with E-state index in [1.807, 2.05) is 84.2 Å². The van der Waals surface area contributed by atoms with Crippen LogP contribution in [0.4, 0.5) is 0 Å². The maximum absolute atomic E-state index is 2.30. The van der Waals surface area contributed by atoms with E-state index in [1.165, 1.54) is 30.4 Å². The minimum Gasteiger partial charge on any atom is -0.333 e. The number of nitrogens with zero attached hydrogens (tertiary/aromatic N) is 5. The Balaban J connectivity index is 0.000000324. The number of pyridine rings is 1. The van der Waals surface area contributed by atoms with Gasteiger partial charge in [-0.1, -0.05) is 6.07 Å². The van der Waals surface area contributed by atoms with E-state index in [0.29, 0.717) is 0 Å². The van der Waals surface area contributed by atoms with Gasteiger partial charge in [0.05, 0.1) is 69.5 Å². The fourth-order valence-electron chi connectivity index (χ4n) is 2.25. The molecule has 0 aliphatic carbocycles. The van der Waals surface area contributed by atoms with E-state index >= 15 is 0 Å². The van der Waals surface area contributed by atoms with Gasteiger partial charge in [0.15, 0.2) is 12.4 Å².